The number of alkyl halides is 3. The minimum absolute atomic E-state index is 0.00125. The summed E-state index contributed by atoms with van der Waals surface area (Å²) >= 11 is 8.95. The van der Waals surface area contributed by atoms with E-state index in [0.29, 0.717) is 4.47 Å². The highest BCUT2D eigenvalue weighted by atomic mass is 79.9. The average Bonchev–Trinajstić information content (AvgIpc) is 2.25. The molecule has 0 aromatic heterocycles. The molecule has 1 aliphatic rings. The molecule has 0 saturated heterocycles. The smallest absolute Gasteiger partial charge is 0.429 e. The van der Waals surface area contributed by atoms with Gasteiger partial charge in [0.25, 0.3) is 0 Å². The summed E-state index contributed by atoms with van der Waals surface area (Å²) in [5, 5.41) is 18.1. The number of halogens is 5. The van der Waals surface area contributed by atoms with Crippen LogP contribution in [0.5, 0.6) is 5.75 Å². The zero-order valence-corrected chi connectivity index (χ0v) is 11.4. The lowest BCUT2D eigenvalue weighted by atomic mass is 10.0. The molecule has 0 radical (unpaired) electrons. The lowest BCUT2D eigenvalue weighted by molar-refractivity contribution is -0.192. The average molecular weight is 360 g/mol. The zero-order valence-electron chi connectivity index (χ0n) is 9.08. The van der Waals surface area contributed by atoms with Crippen molar-refractivity contribution in [3.63, 3.8) is 0 Å². The van der Waals surface area contributed by atoms with Gasteiger partial charge in [-0.15, -0.1) is 0 Å². The molecule has 2 N–H and O–H groups in total. The van der Waals surface area contributed by atoms with Gasteiger partial charge < -0.3 is 14.9 Å². The van der Waals surface area contributed by atoms with Crippen LogP contribution in [-0.2, 0) is 0 Å². The molecule has 0 spiro atoms. The van der Waals surface area contributed by atoms with Crippen LogP contribution in [0.25, 0.3) is 6.08 Å². The fraction of sp³-hybridized carbons (Fsp3) is 0.273. The van der Waals surface area contributed by atoms with Crippen molar-refractivity contribution in [2.75, 3.05) is 0 Å². The van der Waals surface area contributed by atoms with Crippen LogP contribution < -0.4 is 4.74 Å². The molecule has 1 unspecified atom stereocenters. The third-order valence-corrected chi connectivity index (χ3v) is 3.23. The second-order valence-electron chi connectivity index (χ2n) is 3.86. The first-order chi connectivity index (χ1) is 8.70. The van der Waals surface area contributed by atoms with E-state index in [1.165, 1.54) is 12.1 Å². The Morgan fingerprint density at radius 3 is 2.47 bits per heavy atom. The second kappa shape index (κ2) is 4.97. The van der Waals surface area contributed by atoms with E-state index in [4.69, 9.17) is 26.6 Å². The van der Waals surface area contributed by atoms with Gasteiger partial charge in [0.05, 0.1) is 5.02 Å². The number of hydrogen-bond acceptors (Lipinski definition) is 3. The van der Waals surface area contributed by atoms with Crippen molar-refractivity contribution in [1.82, 2.24) is 0 Å². The Labute approximate surface area is 119 Å². The summed E-state index contributed by atoms with van der Waals surface area (Å²) in [6.07, 6.45) is -8.46. The van der Waals surface area contributed by atoms with Gasteiger partial charge in [0.15, 0.2) is 6.29 Å². The van der Waals surface area contributed by atoms with Crippen molar-refractivity contribution in [2.24, 2.45) is 0 Å². The van der Waals surface area contributed by atoms with Crippen LogP contribution in [0, 0.1) is 0 Å². The number of rotatable bonds is 1. The molecule has 19 heavy (non-hydrogen) atoms. The highest BCUT2D eigenvalue weighted by Gasteiger charge is 2.48. The van der Waals surface area contributed by atoms with Crippen molar-refractivity contribution < 1.29 is 28.1 Å². The number of benzene rings is 1. The van der Waals surface area contributed by atoms with Gasteiger partial charge in [0, 0.05) is 15.6 Å². The summed E-state index contributed by atoms with van der Waals surface area (Å²) < 4.78 is 43.8. The van der Waals surface area contributed by atoms with Crippen LogP contribution >= 0.6 is 27.5 Å². The van der Waals surface area contributed by atoms with Crippen molar-refractivity contribution in [1.29, 1.82) is 0 Å². The van der Waals surface area contributed by atoms with Gasteiger partial charge >= 0.3 is 6.18 Å². The van der Waals surface area contributed by atoms with E-state index in [1.54, 1.807) is 0 Å². The summed E-state index contributed by atoms with van der Waals surface area (Å²) in [6, 6.07) is 2.86. The van der Waals surface area contributed by atoms with E-state index < -0.39 is 24.1 Å². The highest BCUT2D eigenvalue weighted by molar-refractivity contribution is 9.10. The fourth-order valence-corrected chi connectivity index (χ4v) is 2.60. The van der Waals surface area contributed by atoms with E-state index >= 15 is 0 Å². The van der Waals surface area contributed by atoms with Gasteiger partial charge in [-0.3, -0.25) is 0 Å². The molecule has 8 heteroatoms. The molecule has 1 aromatic carbocycles. The molecule has 0 fully saturated rings. The number of hydrogen-bond donors (Lipinski definition) is 2. The molecule has 1 aromatic rings. The third-order valence-electron chi connectivity index (χ3n) is 2.49. The maximum Gasteiger partial charge on any atom is 0.429 e. The van der Waals surface area contributed by atoms with Crippen LogP contribution in [0.2, 0.25) is 5.02 Å². The van der Waals surface area contributed by atoms with E-state index in [9.17, 15) is 13.2 Å². The van der Waals surface area contributed by atoms with Gasteiger partial charge in [0.2, 0.25) is 6.10 Å². The van der Waals surface area contributed by atoms with Crippen LogP contribution in [0.1, 0.15) is 5.56 Å². The van der Waals surface area contributed by atoms with Gasteiger partial charge in [-0.25, -0.2) is 0 Å². The van der Waals surface area contributed by atoms with E-state index in [1.807, 2.05) is 0 Å². The van der Waals surface area contributed by atoms with Crippen LogP contribution in [-0.4, -0.2) is 28.8 Å². The van der Waals surface area contributed by atoms with E-state index in [2.05, 4.69) is 15.9 Å². The molecular formula is C11H7BrClF3O3. The van der Waals surface area contributed by atoms with E-state index in [0.717, 1.165) is 6.08 Å². The number of fused-ring (bicyclic) bond motifs is 1. The lowest BCUT2D eigenvalue weighted by Gasteiger charge is -2.30. The molecular weight excluding hydrogens is 352 g/mol. The van der Waals surface area contributed by atoms with Crippen LogP contribution in [0.15, 0.2) is 22.2 Å². The number of aliphatic hydroxyl groups is 2. The topological polar surface area (TPSA) is 49.7 Å². The third kappa shape index (κ3) is 2.89. The zero-order chi connectivity index (χ0) is 14.4. The monoisotopic (exact) mass is 358 g/mol. The highest BCUT2D eigenvalue weighted by Crippen LogP contribution is 2.42. The summed E-state index contributed by atoms with van der Waals surface area (Å²) in [5.41, 5.74) is -0.447. The Balaban J connectivity index is 2.58. The molecule has 0 saturated carbocycles. The standard InChI is InChI=1S/C11H7BrClF3O3/c12-5-1-4-2-6(10(17)18)9(11(14,15)16)19-8(4)7(13)3-5/h1-3,9-10,17-18H. The van der Waals surface area contributed by atoms with Gasteiger partial charge in [-0.05, 0) is 18.2 Å². The minimum atomic E-state index is -4.77. The van der Waals surface area contributed by atoms with Crippen LogP contribution in [0.3, 0.4) is 0 Å². The summed E-state index contributed by atoms with van der Waals surface area (Å²) in [4.78, 5) is 0. The molecule has 1 heterocycles. The van der Waals surface area contributed by atoms with Gasteiger partial charge in [-0.2, -0.15) is 13.2 Å². The number of ether oxygens (including phenoxy) is 1. The summed E-state index contributed by atoms with van der Waals surface area (Å²) in [5.74, 6) is -0.142. The molecule has 104 valence electrons. The molecule has 1 aliphatic heterocycles. The predicted molar refractivity (Wildman–Crippen MR) is 65.8 cm³/mol. The minimum Gasteiger partial charge on any atom is -0.474 e. The molecule has 2 rings (SSSR count). The van der Waals surface area contributed by atoms with Crippen molar-refractivity contribution in [3.8, 4) is 5.75 Å². The van der Waals surface area contributed by atoms with Gasteiger partial charge in [0.1, 0.15) is 5.75 Å². The summed E-state index contributed by atoms with van der Waals surface area (Å²) in [7, 11) is 0. The van der Waals surface area contributed by atoms with Gasteiger partial charge in [-0.1, -0.05) is 27.5 Å². The normalized spacial score (nSPS) is 18.9. The Kier molecular flexibility index (Phi) is 3.83. The largest absolute Gasteiger partial charge is 0.474 e. The fourth-order valence-electron chi connectivity index (χ4n) is 1.72. The van der Waals surface area contributed by atoms with Crippen molar-refractivity contribution in [2.45, 2.75) is 18.6 Å². The molecule has 3 nitrogen and oxygen atoms in total. The van der Waals surface area contributed by atoms with E-state index in [-0.39, 0.29) is 16.3 Å². The van der Waals surface area contributed by atoms with Crippen molar-refractivity contribution >= 4 is 33.6 Å². The first-order valence-corrected chi connectivity index (χ1v) is 6.17. The maximum atomic E-state index is 12.8. The lowest BCUT2D eigenvalue weighted by Crippen LogP contribution is -2.41. The molecule has 1 atom stereocenters. The SMILES string of the molecule is OC(O)C1=Cc2cc(Br)cc(Cl)c2OC1C(F)(F)F. The maximum absolute atomic E-state index is 12.8. The Hall–Kier alpha value is -0.760. The molecule has 0 amide bonds. The number of aliphatic hydroxyl groups excluding tert-OH is 1. The predicted octanol–water partition coefficient (Wildman–Crippen LogP) is 3.12. The Morgan fingerprint density at radius 2 is 1.95 bits per heavy atom. The Morgan fingerprint density at radius 1 is 1.32 bits per heavy atom. The second-order valence-corrected chi connectivity index (χ2v) is 5.19. The Bertz CT molecular complexity index is 543. The first-order valence-electron chi connectivity index (χ1n) is 5.00. The molecule has 0 aliphatic carbocycles. The quantitative estimate of drug-likeness (QED) is 0.758. The molecule has 0 bridgehead atoms. The first kappa shape index (κ1) is 14.6. The summed E-state index contributed by atoms with van der Waals surface area (Å²) in [6.45, 7) is 0. The van der Waals surface area contributed by atoms with Crippen LogP contribution in [0.4, 0.5) is 13.2 Å². The van der Waals surface area contributed by atoms with Crippen molar-refractivity contribution in [3.05, 3.63) is 32.8 Å².